The van der Waals surface area contributed by atoms with Crippen LogP contribution in [0.1, 0.15) is 37.9 Å². The third-order valence-corrected chi connectivity index (χ3v) is 4.75. The van der Waals surface area contributed by atoms with Gasteiger partial charge < -0.3 is 4.74 Å². The van der Waals surface area contributed by atoms with E-state index in [0.29, 0.717) is 4.90 Å². The predicted molar refractivity (Wildman–Crippen MR) is 105 cm³/mol. The monoisotopic (exact) mass is 371 g/mol. The van der Waals surface area contributed by atoms with Crippen LogP contribution in [-0.4, -0.2) is 15.8 Å². The smallest absolute Gasteiger partial charge is 0.335 e. The molecule has 0 bridgehead atoms. The summed E-state index contributed by atoms with van der Waals surface area (Å²) in [4.78, 5) is 13.1. The van der Waals surface area contributed by atoms with Crippen LogP contribution in [0, 0.1) is 6.92 Å². The molecule has 2 aromatic rings. The van der Waals surface area contributed by atoms with Gasteiger partial charge in [0.15, 0.2) is 0 Å². The first-order valence-corrected chi connectivity index (χ1v) is 9.54. The molecule has 0 aliphatic heterocycles. The Morgan fingerprint density at radius 3 is 2.19 bits per heavy atom. The van der Waals surface area contributed by atoms with Gasteiger partial charge in [-0.2, -0.15) is 0 Å². The summed E-state index contributed by atoms with van der Waals surface area (Å²) in [5.74, 6) is -0.514. The summed E-state index contributed by atoms with van der Waals surface area (Å²) < 4.78 is 21.2. The van der Waals surface area contributed by atoms with Crippen LogP contribution in [0.3, 0.4) is 0 Å². The fraction of sp³-hybridized carbons (Fsp3) is 0.286. The van der Waals surface area contributed by atoms with E-state index in [0.717, 1.165) is 11.1 Å². The lowest BCUT2D eigenvalue weighted by atomic mass is 10.0. The lowest BCUT2D eigenvalue weighted by Crippen LogP contribution is -2.32. The number of benzene rings is 2. The number of aryl methyl sites for hydroxylation is 1. The SMILES string of the molecule is C=C(C(=O)OC(C)(C)C)[C@@H](N[S@@](=O)c1ccc(C)cc1)c1ccccc1. The molecule has 0 unspecified atom stereocenters. The van der Waals surface area contributed by atoms with Gasteiger partial charge in [-0.05, 0) is 45.4 Å². The highest BCUT2D eigenvalue weighted by molar-refractivity contribution is 7.83. The van der Waals surface area contributed by atoms with Gasteiger partial charge in [0.1, 0.15) is 16.6 Å². The molecule has 2 aromatic carbocycles. The number of ether oxygens (including phenoxy) is 1. The fourth-order valence-electron chi connectivity index (χ4n) is 2.28. The Balaban J connectivity index is 2.27. The molecule has 5 heteroatoms. The molecular formula is C21H25NO3S. The van der Waals surface area contributed by atoms with Crippen molar-refractivity contribution in [2.75, 3.05) is 0 Å². The molecule has 2 rings (SSSR count). The lowest BCUT2D eigenvalue weighted by Gasteiger charge is -2.24. The maximum atomic E-state index is 12.8. The molecule has 0 amide bonds. The number of hydrogen-bond donors (Lipinski definition) is 1. The third-order valence-electron chi connectivity index (χ3n) is 3.60. The van der Waals surface area contributed by atoms with E-state index < -0.39 is 28.6 Å². The van der Waals surface area contributed by atoms with Gasteiger partial charge in [0.05, 0.1) is 16.5 Å². The zero-order chi connectivity index (χ0) is 19.3. The summed E-state index contributed by atoms with van der Waals surface area (Å²) in [6.07, 6.45) is 0. The van der Waals surface area contributed by atoms with Gasteiger partial charge in [-0.3, -0.25) is 0 Å². The van der Waals surface area contributed by atoms with Crippen molar-refractivity contribution in [1.82, 2.24) is 4.72 Å². The number of esters is 1. The van der Waals surface area contributed by atoms with Gasteiger partial charge in [-0.1, -0.05) is 54.6 Å². The van der Waals surface area contributed by atoms with Crippen molar-refractivity contribution in [3.63, 3.8) is 0 Å². The van der Waals surface area contributed by atoms with E-state index in [1.807, 2.05) is 49.4 Å². The van der Waals surface area contributed by atoms with Gasteiger partial charge in [0.2, 0.25) is 0 Å². The topological polar surface area (TPSA) is 55.4 Å². The van der Waals surface area contributed by atoms with Crippen molar-refractivity contribution in [2.24, 2.45) is 0 Å². The molecule has 0 aromatic heterocycles. The van der Waals surface area contributed by atoms with E-state index in [1.54, 1.807) is 32.9 Å². The largest absolute Gasteiger partial charge is 0.457 e. The fourth-order valence-corrected chi connectivity index (χ4v) is 3.30. The second kappa shape index (κ2) is 8.43. The Morgan fingerprint density at radius 1 is 1.08 bits per heavy atom. The van der Waals surface area contributed by atoms with Crippen molar-refractivity contribution in [1.29, 1.82) is 0 Å². The molecule has 0 heterocycles. The van der Waals surface area contributed by atoms with Crippen LogP contribution in [0.4, 0.5) is 0 Å². The minimum atomic E-state index is -1.50. The molecule has 0 aliphatic carbocycles. The second-order valence-electron chi connectivity index (χ2n) is 7.07. The van der Waals surface area contributed by atoms with Crippen molar-refractivity contribution in [3.05, 3.63) is 77.9 Å². The molecule has 0 radical (unpaired) electrons. The van der Waals surface area contributed by atoms with Crippen LogP contribution in [0.5, 0.6) is 0 Å². The van der Waals surface area contributed by atoms with Gasteiger partial charge in [0, 0.05) is 0 Å². The standard InChI is InChI=1S/C21H25NO3S/c1-15-11-13-18(14-12-15)26(24)22-19(17-9-7-6-8-10-17)16(2)20(23)25-21(3,4)5/h6-14,19,22H,2H2,1,3-5H3/t19-,26+/m1/s1. The van der Waals surface area contributed by atoms with Crippen molar-refractivity contribution in [3.8, 4) is 0 Å². The number of carbonyl (C=O) groups is 1. The molecule has 0 spiro atoms. The normalized spacial score (nSPS) is 13.7. The Hall–Kier alpha value is -2.24. The van der Waals surface area contributed by atoms with Crippen LogP contribution < -0.4 is 4.72 Å². The van der Waals surface area contributed by atoms with E-state index in [-0.39, 0.29) is 5.57 Å². The first-order valence-electron chi connectivity index (χ1n) is 8.39. The summed E-state index contributed by atoms with van der Waals surface area (Å²) in [5, 5.41) is 0. The molecule has 2 atom stereocenters. The van der Waals surface area contributed by atoms with Crippen molar-refractivity contribution >= 4 is 17.0 Å². The van der Waals surface area contributed by atoms with Gasteiger partial charge >= 0.3 is 5.97 Å². The lowest BCUT2D eigenvalue weighted by molar-refractivity contribution is -0.150. The van der Waals surface area contributed by atoms with Gasteiger partial charge in [0.25, 0.3) is 0 Å². The Kier molecular flexibility index (Phi) is 6.51. The van der Waals surface area contributed by atoms with Crippen LogP contribution in [-0.2, 0) is 20.5 Å². The maximum absolute atomic E-state index is 12.8. The van der Waals surface area contributed by atoms with Crippen LogP contribution in [0.2, 0.25) is 0 Å². The van der Waals surface area contributed by atoms with Crippen molar-refractivity contribution in [2.45, 2.75) is 44.2 Å². The molecule has 0 fully saturated rings. The minimum absolute atomic E-state index is 0.214. The molecule has 0 aliphatic rings. The summed E-state index contributed by atoms with van der Waals surface area (Å²) in [6.45, 7) is 11.3. The second-order valence-corrected chi connectivity index (χ2v) is 8.32. The molecular weight excluding hydrogens is 346 g/mol. The minimum Gasteiger partial charge on any atom is -0.457 e. The van der Waals surface area contributed by atoms with E-state index in [9.17, 15) is 9.00 Å². The third kappa shape index (κ3) is 5.64. The molecule has 0 saturated heterocycles. The van der Waals surface area contributed by atoms with E-state index in [1.165, 1.54) is 0 Å². The molecule has 138 valence electrons. The van der Waals surface area contributed by atoms with E-state index in [4.69, 9.17) is 4.74 Å². The number of nitrogens with one attached hydrogen (secondary N) is 1. The van der Waals surface area contributed by atoms with Gasteiger partial charge in [-0.15, -0.1) is 0 Å². The number of rotatable bonds is 6. The van der Waals surface area contributed by atoms with E-state index >= 15 is 0 Å². The highest BCUT2D eigenvalue weighted by Gasteiger charge is 2.27. The zero-order valence-corrected chi connectivity index (χ0v) is 16.4. The summed E-state index contributed by atoms with van der Waals surface area (Å²) in [6, 6.07) is 16.1. The van der Waals surface area contributed by atoms with E-state index in [2.05, 4.69) is 11.3 Å². The maximum Gasteiger partial charge on any atom is 0.335 e. The quantitative estimate of drug-likeness (QED) is 0.610. The molecule has 0 saturated carbocycles. The Bertz CT molecular complexity index is 792. The summed E-state index contributed by atoms with van der Waals surface area (Å²) in [7, 11) is -1.50. The highest BCUT2D eigenvalue weighted by Crippen LogP contribution is 2.25. The first kappa shape index (κ1) is 20.1. The van der Waals surface area contributed by atoms with Gasteiger partial charge in [-0.25, -0.2) is 13.7 Å². The molecule has 1 N–H and O–H groups in total. The average molecular weight is 372 g/mol. The van der Waals surface area contributed by atoms with Crippen LogP contribution >= 0.6 is 0 Å². The summed E-state index contributed by atoms with van der Waals surface area (Å²) in [5.41, 5.74) is 1.47. The summed E-state index contributed by atoms with van der Waals surface area (Å²) >= 11 is 0. The highest BCUT2D eigenvalue weighted by atomic mass is 32.2. The predicted octanol–water partition coefficient (Wildman–Crippen LogP) is 4.25. The van der Waals surface area contributed by atoms with Crippen LogP contribution in [0.25, 0.3) is 0 Å². The number of hydrogen-bond acceptors (Lipinski definition) is 3. The zero-order valence-electron chi connectivity index (χ0n) is 15.6. The molecule has 4 nitrogen and oxygen atoms in total. The average Bonchev–Trinajstić information content (AvgIpc) is 2.58. The number of carbonyl (C=O) groups excluding carboxylic acids is 1. The first-order chi connectivity index (χ1) is 12.2. The Morgan fingerprint density at radius 2 is 1.65 bits per heavy atom. The Labute approximate surface area is 157 Å². The van der Waals surface area contributed by atoms with Crippen LogP contribution in [0.15, 0.2) is 71.6 Å². The molecule has 26 heavy (non-hydrogen) atoms. The van der Waals surface area contributed by atoms with Crippen molar-refractivity contribution < 1.29 is 13.7 Å².